The predicted octanol–water partition coefficient (Wildman–Crippen LogP) is 0.0619. The SMILES string of the molecule is O=C(Nc1nnns1)NC1(C(=O)O)CCC1. The van der Waals surface area contributed by atoms with Crippen LogP contribution in [0.5, 0.6) is 0 Å². The van der Waals surface area contributed by atoms with Gasteiger partial charge in [-0.2, -0.15) is 0 Å². The Hall–Kier alpha value is -1.77. The fourth-order valence-corrected chi connectivity index (χ4v) is 1.81. The highest BCUT2D eigenvalue weighted by Gasteiger charge is 2.45. The molecule has 0 spiro atoms. The number of anilines is 1. The minimum Gasteiger partial charge on any atom is -0.480 e. The first-order chi connectivity index (χ1) is 7.62. The van der Waals surface area contributed by atoms with Crippen LogP contribution in [0.4, 0.5) is 9.93 Å². The third-order valence-electron chi connectivity index (χ3n) is 2.49. The maximum Gasteiger partial charge on any atom is 0.329 e. The number of rotatable bonds is 3. The van der Waals surface area contributed by atoms with Crippen molar-refractivity contribution in [2.75, 3.05) is 5.32 Å². The molecule has 8 nitrogen and oxygen atoms in total. The Kier molecular flexibility index (Phi) is 2.69. The molecular formula is C7H9N5O3S. The van der Waals surface area contributed by atoms with Crippen LogP contribution in [0.3, 0.4) is 0 Å². The summed E-state index contributed by atoms with van der Waals surface area (Å²) in [5.74, 6) is -1.01. The maximum absolute atomic E-state index is 11.4. The largest absolute Gasteiger partial charge is 0.480 e. The van der Waals surface area contributed by atoms with E-state index in [2.05, 4.69) is 25.4 Å². The van der Waals surface area contributed by atoms with Gasteiger partial charge in [0.15, 0.2) is 0 Å². The van der Waals surface area contributed by atoms with Crippen molar-refractivity contribution < 1.29 is 14.7 Å². The standard InChI is InChI=1S/C7H9N5O3S/c13-4(14)7(2-1-3-7)9-5(15)8-6-10-11-12-16-6/h1-3H2,(H,13,14)(H2,8,9,10,12,15). The molecule has 0 aliphatic heterocycles. The first-order valence-electron chi connectivity index (χ1n) is 4.60. The van der Waals surface area contributed by atoms with E-state index >= 15 is 0 Å². The molecule has 9 heteroatoms. The van der Waals surface area contributed by atoms with Crippen molar-refractivity contribution in [3.05, 3.63) is 0 Å². The number of aliphatic carboxylic acids is 1. The smallest absolute Gasteiger partial charge is 0.329 e. The quantitative estimate of drug-likeness (QED) is 0.691. The van der Waals surface area contributed by atoms with E-state index in [1.54, 1.807) is 0 Å². The van der Waals surface area contributed by atoms with Crippen LogP contribution in [0.1, 0.15) is 19.3 Å². The van der Waals surface area contributed by atoms with Crippen LogP contribution in [0.2, 0.25) is 0 Å². The second kappa shape index (κ2) is 4.00. The van der Waals surface area contributed by atoms with Gasteiger partial charge in [0, 0.05) is 11.5 Å². The third-order valence-corrected chi connectivity index (χ3v) is 3.00. The molecule has 2 amide bonds. The molecule has 0 saturated heterocycles. The van der Waals surface area contributed by atoms with Gasteiger partial charge in [0.25, 0.3) is 0 Å². The topological polar surface area (TPSA) is 117 Å². The highest BCUT2D eigenvalue weighted by atomic mass is 32.1. The molecule has 86 valence electrons. The highest BCUT2D eigenvalue weighted by Crippen LogP contribution is 2.32. The first-order valence-corrected chi connectivity index (χ1v) is 5.37. The molecule has 2 rings (SSSR count). The average molecular weight is 243 g/mol. The average Bonchev–Trinajstić information content (AvgIpc) is 2.63. The van der Waals surface area contributed by atoms with Gasteiger partial charge in [-0.15, -0.1) is 0 Å². The number of carboxylic acid groups (broad SMARTS) is 1. The van der Waals surface area contributed by atoms with Crippen LogP contribution >= 0.6 is 11.5 Å². The Bertz CT molecular complexity index is 402. The number of hydrogen-bond acceptors (Lipinski definition) is 6. The van der Waals surface area contributed by atoms with Gasteiger partial charge < -0.3 is 10.4 Å². The number of carbonyl (C=O) groups is 2. The summed E-state index contributed by atoms with van der Waals surface area (Å²) in [6.07, 6.45) is 1.70. The number of amides is 2. The minimum atomic E-state index is -1.12. The van der Waals surface area contributed by atoms with Crippen LogP contribution in [0, 0.1) is 0 Å². The molecule has 0 atom stereocenters. The highest BCUT2D eigenvalue weighted by molar-refractivity contribution is 7.09. The van der Waals surface area contributed by atoms with Crippen molar-refractivity contribution >= 4 is 28.7 Å². The number of nitrogens with one attached hydrogen (secondary N) is 2. The Labute approximate surface area is 94.2 Å². The Morgan fingerprint density at radius 2 is 2.19 bits per heavy atom. The van der Waals surface area contributed by atoms with Gasteiger partial charge in [-0.3, -0.25) is 5.32 Å². The van der Waals surface area contributed by atoms with Gasteiger partial charge in [-0.05, 0) is 24.5 Å². The summed E-state index contributed by atoms with van der Waals surface area (Å²) in [5, 5.41) is 20.8. The van der Waals surface area contributed by atoms with E-state index in [4.69, 9.17) is 5.11 Å². The van der Waals surface area contributed by atoms with Gasteiger partial charge in [-0.1, -0.05) is 9.59 Å². The molecule has 1 aliphatic carbocycles. The first kappa shape index (κ1) is 10.7. The van der Waals surface area contributed by atoms with E-state index in [-0.39, 0.29) is 5.13 Å². The molecule has 0 aromatic carbocycles. The summed E-state index contributed by atoms with van der Waals surface area (Å²) in [4.78, 5) is 22.4. The lowest BCUT2D eigenvalue weighted by molar-refractivity contribution is -0.148. The van der Waals surface area contributed by atoms with E-state index in [0.717, 1.165) is 18.0 Å². The number of carbonyl (C=O) groups excluding carboxylic acids is 1. The Morgan fingerprint density at radius 1 is 1.44 bits per heavy atom. The number of hydrogen-bond donors (Lipinski definition) is 3. The van der Waals surface area contributed by atoms with Crippen LogP contribution in [-0.4, -0.2) is 37.4 Å². The van der Waals surface area contributed by atoms with Crippen molar-refractivity contribution in [1.82, 2.24) is 20.1 Å². The summed E-state index contributed by atoms with van der Waals surface area (Å²) in [5.41, 5.74) is -1.12. The molecule has 3 N–H and O–H groups in total. The molecule has 0 radical (unpaired) electrons. The van der Waals surface area contributed by atoms with E-state index in [0.29, 0.717) is 12.8 Å². The van der Waals surface area contributed by atoms with Gasteiger partial charge in [-0.25, -0.2) is 9.59 Å². The second-order valence-corrected chi connectivity index (χ2v) is 4.22. The number of nitrogens with zero attached hydrogens (tertiary/aromatic N) is 3. The summed E-state index contributed by atoms with van der Waals surface area (Å²) in [6.45, 7) is 0. The number of aromatic nitrogens is 3. The molecule has 1 heterocycles. The van der Waals surface area contributed by atoms with E-state index in [1.165, 1.54) is 0 Å². The zero-order valence-corrected chi connectivity index (χ0v) is 8.95. The predicted molar refractivity (Wildman–Crippen MR) is 54.1 cm³/mol. The van der Waals surface area contributed by atoms with Gasteiger partial charge in [0.2, 0.25) is 5.13 Å². The molecule has 0 unspecified atom stereocenters. The van der Waals surface area contributed by atoms with Crippen molar-refractivity contribution in [2.45, 2.75) is 24.8 Å². The molecular weight excluding hydrogens is 234 g/mol. The van der Waals surface area contributed by atoms with E-state index < -0.39 is 17.5 Å². The Balaban J connectivity index is 1.94. The molecule has 1 aromatic heterocycles. The molecule has 1 fully saturated rings. The maximum atomic E-state index is 11.4. The molecule has 16 heavy (non-hydrogen) atoms. The van der Waals surface area contributed by atoms with Crippen LogP contribution < -0.4 is 10.6 Å². The Morgan fingerprint density at radius 3 is 2.62 bits per heavy atom. The molecule has 0 bridgehead atoms. The second-order valence-electron chi connectivity index (χ2n) is 3.49. The molecule has 1 aromatic rings. The normalized spacial score (nSPS) is 17.2. The van der Waals surface area contributed by atoms with Crippen LogP contribution in [-0.2, 0) is 4.79 Å². The fourth-order valence-electron chi connectivity index (χ4n) is 1.45. The third kappa shape index (κ3) is 1.94. The summed E-state index contributed by atoms with van der Waals surface area (Å²) in [7, 11) is 0. The molecule has 1 aliphatic rings. The zero-order valence-electron chi connectivity index (χ0n) is 8.13. The number of carboxylic acids is 1. The van der Waals surface area contributed by atoms with Crippen molar-refractivity contribution in [1.29, 1.82) is 0 Å². The van der Waals surface area contributed by atoms with Crippen LogP contribution in [0.25, 0.3) is 0 Å². The lowest BCUT2D eigenvalue weighted by Crippen LogP contribution is -2.60. The van der Waals surface area contributed by atoms with Crippen molar-refractivity contribution in [3.8, 4) is 0 Å². The summed E-state index contributed by atoms with van der Waals surface area (Å²) < 4.78 is 3.46. The zero-order chi connectivity index (χ0) is 11.6. The van der Waals surface area contributed by atoms with E-state index in [1.807, 2.05) is 0 Å². The number of urea groups is 1. The summed E-state index contributed by atoms with van der Waals surface area (Å²) >= 11 is 0.920. The van der Waals surface area contributed by atoms with Crippen molar-refractivity contribution in [2.24, 2.45) is 0 Å². The fraction of sp³-hybridized carbons (Fsp3) is 0.571. The monoisotopic (exact) mass is 243 g/mol. The molecule has 1 saturated carbocycles. The summed E-state index contributed by atoms with van der Waals surface area (Å²) in [6, 6.07) is -0.597. The van der Waals surface area contributed by atoms with Gasteiger partial charge in [0.05, 0.1) is 0 Å². The van der Waals surface area contributed by atoms with Gasteiger partial charge in [0.1, 0.15) is 5.54 Å². The van der Waals surface area contributed by atoms with E-state index in [9.17, 15) is 9.59 Å². The minimum absolute atomic E-state index is 0.234. The van der Waals surface area contributed by atoms with Crippen LogP contribution in [0.15, 0.2) is 0 Å². The lowest BCUT2D eigenvalue weighted by Gasteiger charge is -2.37. The van der Waals surface area contributed by atoms with Gasteiger partial charge >= 0.3 is 12.0 Å². The van der Waals surface area contributed by atoms with Crippen molar-refractivity contribution in [3.63, 3.8) is 0 Å². The lowest BCUT2D eigenvalue weighted by atomic mass is 9.77.